The van der Waals surface area contributed by atoms with Crippen LogP contribution < -0.4 is 9.47 Å². The Morgan fingerprint density at radius 1 is 1.13 bits per heavy atom. The highest BCUT2D eigenvalue weighted by molar-refractivity contribution is 5.96. The Balaban J connectivity index is 1.78. The van der Waals surface area contributed by atoms with Gasteiger partial charge in [-0.1, -0.05) is 0 Å². The summed E-state index contributed by atoms with van der Waals surface area (Å²) in [5, 5.41) is 0. The molecule has 0 bridgehead atoms. The molecule has 3 rings (SSSR count). The van der Waals surface area contributed by atoms with Gasteiger partial charge in [0.15, 0.2) is 0 Å². The average molecular weight is 421 g/mol. The van der Waals surface area contributed by atoms with Crippen molar-refractivity contribution in [1.29, 1.82) is 0 Å². The third kappa shape index (κ3) is 5.02. The van der Waals surface area contributed by atoms with Crippen LogP contribution in [0.25, 0.3) is 0 Å². The molecule has 2 fully saturated rings. The number of amides is 2. The fraction of sp³-hybridized carbons (Fsp3) is 0.667. The maximum absolute atomic E-state index is 13.2. The van der Waals surface area contributed by atoms with E-state index < -0.39 is 0 Å². The van der Waals surface area contributed by atoms with Crippen molar-refractivity contribution in [2.45, 2.75) is 37.8 Å². The first kappa shape index (κ1) is 22.3. The van der Waals surface area contributed by atoms with Crippen LogP contribution in [-0.2, 0) is 14.3 Å². The molecule has 9 heteroatoms. The molecule has 30 heavy (non-hydrogen) atoms. The number of rotatable bonds is 7. The van der Waals surface area contributed by atoms with Gasteiger partial charge in [-0.2, -0.15) is 4.98 Å². The van der Waals surface area contributed by atoms with Gasteiger partial charge in [-0.15, -0.1) is 0 Å². The van der Waals surface area contributed by atoms with Crippen molar-refractivity contribution in [3.63, 3.8) is 0 Å². The van der Waals surface area contributed by atoms with Gasteiger partial charge in [-0.25, -0.2) is 0 Å². The molecular formula is C21H31N3O6. The smallest absolute Gasteiger partial charge is 0.259 e. The molecule has 166 valence electrons. The predicted molar refractivity (Wildman–Crippen MR) is 109 cm³/mol. The second-order valence-corrected chi connectivity index (χ2v) is 7.54. The quantitative estimate of drug-likeness (QED) is 0.657. The number of nitrogens with zero attached hydrogens (tertiary/aromatic N) is 3. The van der Waals surface area contributed by atoms with Gasteiger partial charge in [0.2, 0.25) is 17.7 Å². The first-order valence-corrected chi connectivity index (χ1v) is 10.3. The lowest BCUT2D eigenvalue weighted by Gasteiger charge is -2.44. The van der Waals surface area contributed by atoms with E-state index in [2.05, 4.69) is 4.98 Å². The third-order valence-corrected chi connectivity index (χ3v) is 5.68. The Hall–Kier alpha value is -2.39. The van der Waals surface area contributed by atoms with Gasteiger partial charge in [-0.3, -0.25) is 9.59 Å². The first-order chi connectivity index (χ1) is 14.6. The minimum Gasteiger partial charge on any atom is -0.481 e. The number of hydrogen-bond acceptors (Lipinski definition) is 7. The molecule has 0 aliphatic carbocycles. The number of carbonyl (C=O) groups is 2. The first-order valence-electron chi connectivity index (χ1n) is 10.3. The number of piperidine rings is 1. The molecule has 0 spiro atoms. The molecule has 2 saturated heterocycles. The molecule has 2 aliphatic heterocycles. The number of carbonyl (C=O) groups excluding carboxylic acids is 2. The Labute approximate surface area is 177 Å². The van der Waals surface area contributed by atoms with Crippen LogP contribution in [0.2, 0.25) is 0 Å². The van der Waals surface area contributed by atoms with Crippen LogP contribution in [0.15, 0.2) is 12.1 Å². The maximum atomic E-state index is 13.2. The predicted octanol–water partition coefficient (Wildman–Crippen LogP) is 1.36. The molecular weight excluding hydrogens is 390 g/mol. The number of ether oxygens (including phenoxy) is 4. The Morgan fingerprint density at radius 2 is 1.90 bits per heavy atom. The molecule has 1 unspecified atom stereocenters. The summed E-state index contributed by atoms with van der Waals surface area (Å²) in [6.07, 6.45) is 3.28. The van der Waals surface area contributed by atoms with Crippen molar-refractivity contribution in [3.05, 3.63) is 17.7 Å². The van der Waals surface area contributed by atoms with Crippen molar-refractivity contribution in [3.8, 4) is 11.8 Å². The lowest BCUT2D eigenvalue weighted by Crippen LogP contribution is -2.56. The normalized spacial score (nSPS) is 20.0. The highest BCUT2D eigenvalue weighted by Gasteiger charge is 2.36. The summed E-state index contributed by atoms with van der Waals surface area (Å²) >= 11 is 0. The summed E-state index contributed by atoms with van der Waals surface area (Å²) in [7, 11) is 4.52. The summed E-state index contributed by atoms with van der Waals surface area (Å²) < 4.78 is 21.0. The van der Waals surface area contributed by atoms with Crippen LogP contribution in [-0.4, -0.2) is 92.9 Å². The molecule has 0 radical (unpaired) electrons. The van der Waals surface area contributed by atoms with Crippen molar-refractivity contribution < 1.29 is 28.5 Å². The molecule has 0 N–H and O–H groups in total. The van der Waals surface area contributed by atoms with E-state index in [1.807, 2.05) is 4.90 Å². The van der Waals surface area contributed by atoms with Crippen LogP contribution in [0.4, 0.5) is 0 Å². The summed E-state index contributed by atoms with van der Waals surface area (Å²) in [5.41, 5.74) is 0.389. The van der Waals surface area contributed by atoms with Gasteiger partial charge in [0.25, 0.3) is 5.91 Å². The van der Waals surface area contributed by atoms with Crippen LogP contribution in [0, 0.1) is 0 Å². The molecule has 2 amide bonds. The lowest BCUT2D eigenvalue weighted by atomic mass is 9.98. The van der Waals surface area contributed by atoms with Gasteiger partial charge in [-0.05, 0) is 31.7 Å². The second kappa shape index (κ2) is 10.6. The zero-order valence-electron chi connectivity index (χ0n) is 18.0. The summed E-state index contributed by atoms with van der Waals surface area (Å²) in [4.78, 5) is 34.1. The van der Waals surface area contributed by atoms with E-state index in [1.54, 1.807) is 17.0 Å². The van der Waals surface area contributed by atoms with Crippen molar-refractivity contribution >= 4 is 11.8 Å². The van der Waals surface area contributed by atoms with Gasteiger partial charge in [0.1, 0.15) is 12.2 Å². The monoisotopic (exact) mass is 421 g/mol. The summed E-state index contributed by atoms with van der Waals surface area (Å²) in [6.45, 7) is 2.43. The Bertz CT molecular complexity index is 737. The minimum absolute atomic E-state index is 0.0348. The Morgan fingerprint density at radius 3 is 2.57 bits per heavy atom. The molecule has 3 heterocycles. The van der Waals surface area contributed by atoms with E-state index in [9.17, 15) is 9.59 Å². The molecule has 1 aromatic heterocycles. The van der Waals surface area contributed by atoms with Crippen LogP contribution >= 0.6 is 0 Å². The third-order valence-electron chi connectivity index (χ3n) is 5.68. The van der Waals surface area contributed by atoms with Gasteiger partial charge < -0.3 is 28.7 Å². The molecule has 9 nitrogen and oxygen atoms in total. The van der Waals surface area contributed by atoms with Crippen LogP contribution in [0.5, 0.6) is 11.8 Å². The number of hydrogen-bond donors (Lipinski definition) is 0. The van der Waals surface area contributed by atoms with Gasteiger partial charge >= 0.3 is 0 Å². The molecule has 0 saturated carbocycles. The fourth-order valence-electron chi connectivity index (χ4n) is 4.26. The average Bonchev–Trinajstić information content (AvgIpc) is 2.79. The summed E-state index contributed by atoms with van der Waals surface area (Å²) in [6, 6.07) is 3.38. The standard InChI is InChI=1S/C21H31N3O6/c1-27-14-19(25)24(15-8-11-30-12-9-15)16-5-4-10-23(13-16)21(26)17-6-7-18(28-2)22-20(17)29-3/h6-7,15-16H,4-5,8-14H2,1-3H3. The topological polar surface area (TPSA) is 90.4 Å². The minimum atomic E-state index is -0.155. The SMILES string of the molecule is COCC(=O)N(C1CCOCC1)C1CCCN(C(=O)c2ccc(OC)nc2OC)C1. The van der Waals surface area contributed by atoms with Crippen molar-refractivity contribution in [1.82, 2.24) is 14.8 Å². The number of methoxy groups -OCH3 is 3. The van der Waals surface area contributed by atoms with Crippen LogP contribution in [0.1, 0.15) is 36.0 Å². The van der Waals surface area contributed by atoms with E-state index in [-0.39, 0.29) is 36.4 Å². The molecule has 2 aliphatic rings. The zero-order valence-corrected chi connectivity index (χ0v) is 18.0. The maximum Gasteiger partial charge on any atom is 0.259 e. The van der Waals surface area contributed by atoms with E-state index >= 15 is 0 Å². The number of likely N-dealkylation sites (tertiary alicyclic amines) is 1. The van der Waals surface area contributed by atoms with E-state index in [0.29, 0.717) is 37.7 Å². The van der Waals surface area contributed by atoms with E-state index in [4.69, 9.17) is 18.9 Å². The molecule has 1 aromatic rings. The lowest BCUT2D eigenvalue weighted by molar-refractivity contribution is -0.143. The molecule has 1 atom stereocenters. The Kier molecular flexibility index (Phi) is 7.87. The fourth-order valence-corrected chi connectivity index (χ4v) is 4.26. The van der Waals surface area contributed by atoms with E-state index in [1.165, 1.54) is 21.3 Å². The van der Waals surface area contributed by atoms with Gasteiger partial charge in [0.05, 0.1) is 14.2 Å². The zero-order chi connectivity index (χ0) is 21.5. The largest absolute Gasteiger partial charge is 0.481 e. The highest BCUT2D eigenvalue weighted by Crippen LogP contribution is 2.27. The molecule has 0 aromatic carbocycles. The highest BCUT2D eigenvalue weighted by atomic mass is 16.5. The second-order valence-electron chi connectivity index (χ2n) is 7.54. The van der Waals surface area contributed by atoms with Crippen LogP contribution in [0.3, 0.4) is 0 Å². The van der Waals surface area contributed by atoms with Crippen molar-refractivity contribution in [2.75, 3.05) is 54.2 Å². The van der Waals surface area contributed by atoms with E-state index in [0.717, 1.165) is 25.7 Å². The van der Waals surface area contributed by atoms with Gasteiger partial charge in [0, 0.05) is 51.6 Å². The number of aromatic nitrogens is 1. The number of pyridine rings is 1. The summed E-state index contributed by atoms with van der Waals surface area (Å²) in [5.74, 6) is 0.430. The van der Waals surface area contributed by atoms with Crippen molar-refractivity contribution in [2.24, 2.45) is 0 Å².